The van der Waals surface area contributed by atoms with Crippen LogP contribution in [0.25, 0.3) is 5.76 Å². The number of fused-ring (bicyclic) bond motifs is 1. The fraction of sp³-hybridized carbons (Fsp3) is 0.250. The van der Waals surface area contributed by atoms with E-state index in [2.05, 4.69) is 24.0 Å². The SMILES string of the molecule is CC1Cc2cc(C(O)=C3C(=O)C(=O)N(c4nnc(SCc5ccccc5)s4)C3c3ccc(C(C)C)cc3)ccc2O1. The van der Waals surface area contributed by atoms with Crippen LogP contribution in [0.1, 0.15) is 60.5 Å². The van der Waals surface area contributed by atoms with Crippen molar-refractivity contribution in [2.45, 2.75) is 55.3 Å². The van der Waals surface area contributed by atoms with Crippen LogP contribution in [0, 0.1) is 0 Å². The number of anilines is 1. The lowest BCUT2D eigenvalue weighted by atomic mass is 9.93. The second kappa shape index (κ2) is 11.1. The number of carbonyl (C=O) groups is 2. The predicted molar refractivity (Wildman–Crippen MR) is 161 cm³/mol. The first-order valence-corrected chi connectivity index (χ1v) is 15.3. The maximum Gasteiger partial charge on any atom is 0.301 e. The standard InChI is InChI=1S/C32H29N3O4S2/c1-18(2)21-9-11-22(12-10-21)27-26(28(36)23-13-14-25-24(16-23)15-19(3)39-25)29(37)30(38)35(27)31-33-34-32(41-31)40-17-20-7-5-4-6-8-20/h4-14,16,18-19,27,36H,15,17H2,1-3H3. The van der Waals surface area contributed by atoms with Crippen molar-refractivity contribution in [1.29, 1.82) is 0 Å². The highest BCUT2D eigenvalue weighted by atomic mass is 32.2. The summed E-state index contributed by atoms with van der Waals surface area (Å²) < 4.78 is 6.50. The molecular formula is C32H29N3O4S2. The van der Waals surface area contributed by atoms with E-state index < -0.39 is 17.7 Å². The number of ketones is 1. The highest BCUT2D eigenvalue weighted by molar-refractivity contribution is 8.00. The van der Waals surface area contributed by atoms with Gasteiger partial charge in [0.15, 0.2) is 4.34 Å². The van der Waals surface area contributed by atoms with Gasteiger partial charge in [-0.05, 0) is 53.3 Å². The van der Waals surface area contributed by atoms with Crippen LogP contribution in [0.5, 0.6) is 5.75 Å². The van der Waals surface area contributed by atoms with Crippen LogP contribution < -0.4 is 9.64 Å². The van der Waals surface area contributed by atoms with Crippen LogP contribution in [0.4, 0.5) is 5.13 Å². The number of benzene rings is 3. The Morgan fingerprint density at radius 1 is 1.07 bits per heavy atom. The van der Waals surface area contributed by atoms with E-state index in [0.29, 0.717) is 38.7 Å². The van der Waals surface area contributed by atoms with Crippen molar-refractivity contribution in [3.8, 4) is 5.75 Å². The Kier molecular flexibility index (Phi) is 7.40. The minimum atomic E-state index is -0.848. The van der Waals surface area contributed by atoms with Crippen LogP contribution in [-0.4, -0.2) is 33.1 Å². The number of nitrogens with zero attached hydrogens (tertiary/aromatic N) is 3. The van der Waals surface area contributed by atoms with Crippen molar-refractivity contribution < 1.29 is 19.4 Å². The molecule has 1 aromatic heterocycles. The number of aliphatic hydroxyl groups excluding tert-OH is 1. The van der Waals surface area contributed by atoms with Gasteiger partial charge in [-0.1, -0.05) is 91.5 Å². The molecule has 1 fully saturated rings. The number of hydrogen-bond acceptors (Lipinski definition) is 8. The molecular weight excluding hydrogens is 555 g/mol. The van der Waals surface area contributed by atoms with Gasteiger partial charge in [0, 0.05) is 17.7 Å². The molecule has 7 nitrogen and oxygen atoms in total. The molecule has 0 aliphatic carbocycles. The Hall–Kier alpha value is -3.95. The zero-order valence-corrected chi connectivity index (χ0v) is 24.5. The van der Waals surface area contributed by atoms with Crippen molar-refractivity contribution in [1.82, 2.24) is 10.2 Å². The lowest BCUT2D eigenvalue weighted by Gasteiger charge is -2.23. The summed E-state index contributed by atoms with van der Waals surface area (Å²) >= 11 is 2.78. The quantitative estimate of drug-likeness (QED) is 0.0831. The molecule has 1 amide bonds. The Morgan fingerprint density at radius 3 is 2.56 bits per heavy atom. The van der Waals surface area contributed by atoms with Crippen LogP contribution in [0.3, 0.4) is 0 Å². The van der Waals surface area contributed by atoms with Crippen molar-refractivity contribution >= 4 is 45.7 Å². The predicted octanol–water partition coefficient (Wildman–Crippen LogP) is 6.90. The zero-order valence-electron chi connectivity index (χ0n) is 22.9. The van der Waals surface area contributed by atoms with Gasteiger partial charge in [0.2, 0.25) is 5.13 Å². The number of carbonyl (C=O) groups excluding carboxylic acids is 2. The summed E-state index contributed by atoms with van der Waals surface area (Å²) in [5.41, 5.74) is 4.45. The third-order valence-electron chi connectivity index (χ3n) is 7.34. The topological polar surface area (TPSA) is 92.6 Å². The number of thioether (sulfide) groups is 1. The second-order valence-corrected chi connectivity index (χ2v) is 12.7. The molecule has 9 heteroatoms. The first kappa shape index (κ1) is 27.2. The largest absolute Gasteiger partial charge is 0.507 e. The molecule has 1 N–H and O–H groups in total. The van der Waals surface area contributed by atoms with E-state index in [-0.39, 0.29) is 17.4 Å². The number of aliphatic hydroxyl groups is 1. The van der Waals surface area contributed by atoms with Gasteiger partial charge in [0.05, 0.1) is 11.6 Å². The van der Waals surface area contributed by atoms with Gasteiger partial charge in [-0.3, -0.25) is 14.5 Å². The normalized spacial score (nSPS) is 19.6. The fourth-order valence-corrected chi connectivity index (χ4v) is 7.03. The molecule has 2 aliphatic rings. The molecule has 0 radical (unpaired) electrons. The lowest BCUT2D eigenvalue weighted by Crippen LogP contribution is -2.29. The van der Waals surface area contributed by atoms with Gasteiger partial charge in [-0.15, -0.1) is 10.2 Å². The van der Waals surface area contributed by atoms with Crippen molar-refractivity contribution in [2.75, 3.05) is 4.90 Å². The number of amides is 1. The smallest absolute Gasteiger partial charge is 0.301 e. The van der Waals surface area contributed by atoms with E-state index in [1.807, 2.05) is 67.6 Å². The third kappa shape index (κ3) is 5.27. The van der Waals surface area contributed by atoms with E-state index in [4.69, 9.17) is 4.74 Å². The molecule has 0 spiro atoms. The Bertz CT molecular complexity index is 1650. The molecule has 3 aromatic carbocycles. The van der Waals surface area contributed by atoms with Gasteiger partial charge in [-0.2, -0.15) is 0 Å². The van der Waals surface area contributed by atoms with E-state index >= 15 is 0 Å². The summed E-state index contributed by atoms with van der Waals surface area (Å²) in [4.78, 5) is 28.5. The average molecular weight is 584 g/mol. The van der Waals surface area contributed by atoms with Gasteiger partial charge < -0.3 is 9.84 Å². The molecule has 2 aliphatic heterocycles. The Labute approximate surface area is 246 Å². The number of aromatic nitrogens is 2. The number of hydrogen-bond donors (Lipinski definition) is 1. The van der Waals surface area contributed by atoms with Crippen LogP contribution >= 0.6 is 23.1 Å². The fourth-order valence-electron chi connectivity index (χ4n) is 5.21. The van der Waals surface area contributed by atoms with Crippen LogP contribution in [-0.2, 0) is 21.8 Å². The first-order chi connectivity index (χ1) is 19.8. The molecule has 3 heterocycles. The average Bonchev–Trinajstić information content (AvgIpc) is 3.67. The van der Waals surface area contributed by atoms with E-state index in [9.17, 15) is 14.7 Å². The van der Waals surface area contributed by atoms with E-state index in [1.165, 1.54) is 28.0 Å². The molecule has 4 aromatic rings. The van der Waals surface area contributed by atoms with Gasteiger partial charge in [0.25, 0.3) is 5.78 Å². The molecule has 1 saturated heterocycles. The molecule has 208 valence electrons. The van der Waals surface area contributed by atoms with Gasteiger partial charge in [0.1, 0.15) is 17.6 Å². The maximum absolute atomic E-state index is 13.6. The van der Waals surface area contributed by atoms with Crippen molar-refractivity contribution in [3.63, 3.8) is 0 Å². The molecule has 2 unspecified atom stereocenters. The molecule has 0 bridgehead atoms. The molecule has 41 heavy (non-hydrogen) atoms. The molecule has 2 atom stereocenters. The van der Waals surface area contributed by atoms with E-state index in [0.717, 1.165) is 22.4 Å². The summed E-state index contributed by atoms with van der Waals surface area (Å²) in [6, 6.07) is 22.4. The highest BCUT2D eigenvalue weighted by Gasteiger charge is 2.48. The number of rotatable bonds is 7. The minimum absolute atomic E-state index is 0.0351. The zero-order chi connectivity index (χ0) is 28.7. The molecule has 6 rings (SSSR count). The second-order valence-electron chi connectivity index (χ2n) is 10.6. The summed E-state index contributed by atoms with van der Waals surface area (Å²) in [7, 11) is 0. The van der Waals surface area contributed by atoms with E-state index in [1.54, 1.807) is 12.1 Å². The highest BCUT2D eigenvalue weighted by Crippen LogP contribution is 2.44. The van der Waals surface area contributed by atoms with Gasteiger partial charge >= 0.3 is 5.91 Å². The van der Waals surface area contributed by atoms with Crippen molar-refractivity contribution in [3.05, 3.63) is 106 Å². The summed E-state index contributed by atoms with van der Waals surface area (Å²) in [6.45, 7) is 6.20. The summed E-state index contributed by atoms with van der Waals surface area (Å²) in [6.07, 6.45) is 0.748. The van der Waals surface area contributed by atoms with Crippen LogP contribution in [0.15, 0.2) is 82.7 Å². The van der Waals surface area contributed by atoms with Crippen LogP contribution in [0.2, 0.25) is 0 Å². The summed E-state index contributed by atoms with van der Waals surface area (Å²) in [5, 5.41) is 20.5. The number of ether oxygens (including phenoxy) is 1. The van der Waals surface area contributed by atoms with Crippen molar-refractivity contribution in [2.24, 2.45) is 0 Å². The minimum Gasteiger partial charge on any atom is -0.507 e. The summed E-state index contributed by atoms with van der Waals surface area (Å²) in [5.74, 6) is 0.0881. The monoisotopic (exact) mass is 583 g/mol. The lowest BCUT2D eigenvalue weighted by molar-refractivity contribution is -0.132. The first-order valence-electron chi connectivity index (χ1n) is 13.5. The Balaban J connectivity index is 1.40. The van der Waals surface area contributed by atoms with Gasteiger partial charge in [-0.25, -0.2) is 0 Å². The number of Topliss-reactive ketones (excluding diaryl/α,β-unsaturated/α-hetero) is 1. The maximum atomic E-state index is 13.6. The third-order valence-corrected chi connectivity index (χ3v) is 9.47. The molecule has 0 saturated carbocycles. The Morgan fingerprint density at radius 2 is 1.83 bits per heavy atom.